The van der Waals surface area contributed by atoms with Gasteiger partial charge >= 0.3 is 5.97 Å². The number of carboxylic acids is 1. The third kappa shape index (κ3) is 3.07. The molecule has 3 aromatic rings. The van der Waals surface area contributed by atoms with Crippen LogP contribution in [0.3, 0.4) is 0 Å². The molecule has 0 amide bonds. The molecule has 132 valence electrons. The second kappa shape index (κ2) is 7.08. The summed E-state index contributed by atoms with van der Waals surface area (Å²) in [6.07, 6.45) is 0.442. The SMILES string of the molecule is N#Cc1c(N2CCOCC2)sc(C(=O)O)c1Cc1ccc2sccc2c1. The van der Waals surface area contributed by atoms with E-state index in [4.69, 9.17) is 4.74 Å². The van der Waals surface area contributed by atoms with Gasteiger partial charge in [0, 0.05) is 29.8 Å². The Morgan fingerprint density at radius 3 is 2.85 bits per heavy atom. The van der Waals surface area contributed by atoms with E-state index in [-0.39, 0.29) is 4.88 Å². The van der Waals surface area contributed by atoms with Gasteiger partial charge in [0.05, 0.1) is 18.8 Å². The molecule has 26 heavy (non-hydrogen) atoms. The molecule has 0 saturated carbocycles. The molecule has 1 aliphatic heterocycles. The predicted molar refractivity (Wildman–Crippen MR) is 104 cm³/mol. The minimum absolute atomic E-state index is 0.258. The van der Waals surface area contributed by atoms with E-state index in [2.05, 4.69) is 29.2 Å². The number of morpholine rings is 1. The third-order valence-electron chi connectivity index (χ3n) is 4.49. The number of fused-ring (bicyclic) bond motifs is 1. The number of nitriles is 1. The van der Waals surface area contributed by atoms with Crippen molar-refractivity contribution < 1.29 is 14.6 Å². The van der Waals surface area contributed by atoms with Crippen molar-refractivity contribution in [2.24, 2.45) is 0 Å². The van der Waals surface area contributed by atoms with Gasteiger partial charge in [-0.2, -0.15) is 5.26 Å². The molecule has 1 aromatic carbocycles. The smallest absolute Gasteiger partial charge is 0.346 e. The van der Waals surface area contributed by atoms with Crippen LogP contribution in [0.5, 0.6) is 0 Å². The molecule has 0 spiro atoms. The standard InChI is InChI=1S/C19H16N2O3S2/c20-11-15-14(10-12-1-2-16-13(9-12)3-8-25-16)17(19(22)23)26-18(15)21-4-6-24-7-5-21/h1-3,8-9H,4-7,10H2,(H,22,23). The van der Waals surface area contributed by atoms with E-state index in [1.54, 1.807) is 11.3 Å². The van der Waals surface area contributed by atoms with Gasteiger partial charge in [-0.05, 0) is 34.5 Å². The zero-order valence-corrected chi connectivity index (χ0v) is 15.5. The number of carbonyl (C=O) groups is 1. The van der Waals surface area contributed by atoms with E-state index in [9.17, 15) is 15.2 Å². The first-order chi connectivity index (χ1) is 12.7. The summed E-state index contributed by atoms with van der Waals surface area (Å²) in [6.45, 7) is 2.54. The van der Waals surface area contributed by atoms with Crippen molar-refractivity contribution in [2.45, 2.75) is 6.42 Å². The normalized spacial score (nSPS) is 14.5. The largest absolute Gasteiger partial charge is 0.477 e. The Hall–Kier alpha value is -2.40. The molecule has 0 atom stereocenters. The van der Waals surface area contributed by atoms with Crippen LogP contribution >= 0.6 is 22.7 Å². The first kappa shape index (κ1) is 17.0. The Morgan fingerprint density at radius 2 is 2.12 bits per heavy atom. The number of ether oxygens (including phenoxy) is 1. The van der Waals surface area contributed by atoms with Crippen molar-refractivity contribution in [3.8, 4) is 6.07 Å². The predicted octanol–water partition coefficient (Wildman–Crippen LogP) is 3.96. The van der Waals surface area contributed by atoms with Gasteiger partial charge in [0.15, 0.2) is 0 Å². The quantitative estimate of drug-likeness (QED) is 0.737. The van der Waals surface area contributed by atoms with Crippen LogP contribution in [0.1, 0.15) is 26.4 Å². The molecule has 1 fully saturated rings. The number of nitrogens with zero attached hydrogens (tertiary/aromatic N) is 2. The molecule has 3 heterocycles. The van der Waals surface area contributed by atoms with Crippen LogP contribution in [0.2, 0.25) is 0 Å². The number of hydrogen-bond acceptors (Lipinski definition) is 6. The van der Waals surface area contributed by atoms with Crippen molar-refractivity contribution in [1.82, 2.24) is 0 Å². The van der Waals surface area contributed by atoms with Gasteiger partial charge in [-0.25, -0.2) is 4.79 Å². The Bertz CT molecular complexity index is 1010. The van der Waals surface area contributed by atoms with Gasteiger partial charge in [0.1, 0.15) is 15.9 Å². The number of hydrogen-bond donors (Lipinski definition) is 1. The fraction of sp³-hybridized carbons (Fsp3) is 0.263. The highest BCUT2D eigenvalue weighted by molar-refractivity contribution is 7.18. The minimum atomic E-state index is -0.974. The van der Waals surface area contributed by atoms with Gasteiger partial charge in [-0.3, -0.25) is 0 Å². The number of aromatic carboxylic acids is 1. The molecule has 0 aliphatic carbocycles. The van der Waals surface area contributed by atoms with E-state index in [0.717, 1.165) is 16.0 Å². The number of rotatable bonds is 4. The van der Waals surface area contributed by atoms with E-state index >= 15 is 0 Å². The summed E-state index contributed by atoms with van der Waals surface area (Å²) >= 11 is 2.88. The van der Waals surface area contributed by atoms with E-state index < -0.39 is 5.97 Å². The van der Waals surface area contributed by atoms with Crippen LogP contribution in [-0.2, 0) is 11.2 Å². The minimum Gasteiger partial charge on any atom is -0.477 e. The summed E-state index contributed by atoms with van der Waals surface area (Å²) in [5.74, 6) is -0.974. The Labute approximate surface area is 158 Å². The molecular formula is C19H16N2O3S2. The molecule has 1 aliphatic rings. The molecule has 0 unspecified atom stereocenters. The topological polar surface area (TPSA) is 73.6 Å². The Kier molecular flexibility index (Phi) is 4.64. The summed E-state index contributed by atoms with van der Waals surface area (Å²) in [5, 5.41) is 23.4. The Balaban J connectivity index is 1.76. The lowest BCUT2D eigenvalue weighted by Gasteiger charge is -2.27. The highest BCUT2D eigenvalue weighted by atomic mass is 32.1. The molecule has 0 radical (unpaired) electrons. The fourth-order valence-corrected chi connectivity index (χ4v) is 5.16. The van der Waals surface area contributed by atoms with Crippen LogP contribution in [-0.4, -0.2) is 37.4 Å². The molecule has 4 rings (SSSR count). The lowest BCUT2D eigenvalue weighted by molar-refractivity contribution is 0.0701. The highest BCUT2D eigenvalue weighted by Gasteiger charge is 2.26. The lowest BCUT2D eigenvalue weighted by atomic mass is 10.0. The highest BCUT2D eigenvalue weighted by Crippen LogP contribution is 2.38. The average molecular weight is 384 g/mol. The summed E-state index contributed by atoms with van der Waals surface area (Å²) in [4.78, 5) is 14.1. The van der Waals surface area contributed by atoms with Crippen molar-refractivity contribution in [1.29, 1.82) is 5.26 Å². The summed E-state index contributed by atoms with van der Waals surface area (Å²) < 4.78 is 6.57. The van der Waals surface area contributed by atoms with Crippen LogP contribution < -0.4 is 4.90 Å². The molecule has 2 aromatic heterocycles. The van der Waals surface area contributed by atoms with E-state index in [0.29, 0.717) is 43.9 Å². The molecule has 5 nitrogen and oxygen atoms in total. The lowest BCUT2D eigenvalue weighted by Crippen LogP contribution is -2.36. The van der Waals surface area contributed by atoms with Gasteiger partial charge in [0.2, 0.25) is 0 Å². The van der Waals surface area contributed by atoms with Crippen LogP contribution in [0, 0.1) is 11.3 Å². The molecule has 1 saturated heterocycles. The van der Waals surface area contributed by atoms with Crippen LogP contribution in [0.4, 0.5) is 5.00 Å². The average Bonchev–Trinajstić information content (AvgIpc) is 3.26. The number of carboxylic acid groups (broad SMARTS) is 1. The van der Waals surface area contributed by atoms with Gasteiger partial charge < -0.3 is 14.7 Å². The maximum absolute atomic E-state index is 11.8. The van der Waals surface area contributed by atoms with Gasteiger partial charge in [-0.1, -0.05) is 6.07 Å². The first-order valence-electron chi connectivity index (χ1n) is 8.25. The molecule has 0 bridgehead atoms. The second-order valence-electron chi connectivity index (χ2n) is 6.08. The first-order valence-corrected chi connectivity index (χ1v) is 9.95. The number of benzene rings is 1. The number of thiophene rings is 2. The maximum atomic E-state index is 11.8. The molecule has 1 N–H and O–H groups in total. The molecule has 7 heteroatoms. The van der Waals surface area contributed by atoms with Gasteiger partial charge in [0.25, 0.3) is 0 Å². The van der Waals surface area contributed by atoms with Crippen molar-refractivity contribution in [2.75, 3.05) is 31.2 Å². The van der Waals surface area contributed by atoms with Crippen molar-refractivity contribution in [3.63, 3.8) is 0 Å². The summed E-state index contributed by atoms with van der Waals surface area (Å²) in [5.41, 5.74) is 2.11. The van der Waals surface area contributed by atoms with E-state index in [1.807, 2.05) is 11.4 Å². The number of anilines is 1. The van der Waals surface area contributed by atoms with E-state index in [1.165, 1.54) is 16.0 Å². The zero-order chi connectivity index (χ0) is 18.1. The van der Waals surface area contributed by atoms with Crippen molar-refractivity contribution >= 4 is 43.7 Å². The van der Waals surface area contributed by atoms with Crippen molar-refractivity contribution in [3.05, 3.63) is 51.2 Å². The van der Waals surface area contributed by atoms with Crippen LogP contribution in [0.15, 0.2) is 29.6 Å². The molecular weight excluding hydrogens is 368 g/mol. The van der Waals surface area contributed by atoms with Gasteiger partial charge in [-0.15, -0.1) is 22.7 Å². The Morgan fingerprint density at radius 1 is 1.31 bits per heavy atom. The zero-order valence-electron chi connectivity index (χ0n) is 13.9. The summed E-state index contributed by atoms with van der Waals surface area (Å²) in [7, 11) is 0. The van der Waals surface area contributed by atoms with Crippen LogP contribution in [0.25, 0.3) is 10.1 Å². The summed E-state index contributed by atoms with van der Waals surface area (Å²) in [6, 6.07) is 10.4. The second-order valence-corrected chi connectivity index (χ2v) is 8.02. The monoisotopic (exact) mass is 384 g/mol. The fourth-order valence-electron chi connectivity index (χ4n) is 3.23. The third-order valence-corrected chi connectivity index (χ3v) is 6.67. The maximum Gasteiger partial charge on any atom is 0.346 e.